The van der Waals surface area contributed by atoms with E-state index in [2.05, 4.69) is 0 Å². The maximum Gasteiger partial charge on any atom is 0.200 e. The molecule has 0 aliphatic rings. The summed E-state index contributed by atoms with van der Waals surface area (Å²) in [4.78, 5) is 0. The summed E-state index contributed by atoms with van der Waals surface area (Å²) >= 11 is 0. The molecule has 0 saturated heterocycles. The van der Waals surface area contributed by atoms with Gasteiger partial charge in [0.2, 0.25) is 5.82 Å². The van der Waals surface area contributed by atoms with Crippen molar-refractivity contribution in [2.75, 3.05) is 0 Å². The topological polar surface area (TPSA) is 0 Å². The zero-order chi connectivity index (χ0) is 12.5. The highest BCUT2D eigenvalue weighted by Gasteiger charge is 2.26. The van der Waals surface area contributed by atoms with Crippen LogP contribution in [-0.2, 0) is 0 Å². The van der Waals surface area contributed by atoms with Gasteiger partial charge in [-0.15, -0.1) is 0 Å². The molecular formula is C11H9F5. The lowest BCUT2D eigenvalue weighted by molar-refractivity contribution is 0.376. The second-order valence-corrected chi connectivity index (χ2v) is 3.11. The minimum absolute atomic E-state index is 0.0767. The maximum absolute atomic E-state index is 13.3. The Hall–Kier alpha value is -1.39. The molecule has 1 aromatic carbocycles. The molecule has 0 heterocycles. The van der Waals surface area contributed by atoms with Crippen molar-refractivity contribution in [1.29, 1.82) is 0 Å². The van der Waals surface area contributed by atoms with Crippen molar-refractivity contribution in [2.24, 2.45) is 0 Å². The standard InChI is InChI=1S/C11H9F5/c1-3-5(4-2)6-7(12)9(14)11(16)10(15)8(6)13/h3H,4H2,1-2H3/b5-3+. The highest BCUT2D eigenvalue weighted by atomic mass is 19.2. The van der Waals surface area contributed by atoms with Gasteiger partial charge < -0.3 is 0 Å². The van der Waals surface area contributed by atoms with Crippen molar-refractivity contribution < 1.29 is 22.0 Å². The van der Waals surface area contributed by atoms with E-state index in [4.69, 9.17) is 0 Å². The van der Waals surface area contributed by atoms with E-state index in [0.717, 1.165) is 0 Å². The number of allylic oxidation sites excluding steroid dienone is 2. The van der Waals surface area contributed by atoms with Gasteiger partial charge in [-0.2, -0.15) is 0 Å². The van der Waals surface area contributed by atoms with Crippen molar-refractivity contribution >= 4 is 5.57 Å². The molecule has 0 saturated carbocycles. The predicted molar refractivity (Wildman–Crippen MR) is 50.2 cm³/mol. The van der Waals surface area contributed by atoms with Gasteiger partial charge in [-0.3, -0.25) is 0 Å². The van der Waals surface area contributed by atoms with Crippen LogP contribution >= 0.6 is 0 Å². The molecule has 0 amide bonds. The van der Waals surface area contributed by atoms with Gasteiger partial charge in [0.25, 0.3) is 0 Å². The first-order chi connectivity index (χ1) is 7.45. The minimum Gasteiger partial charge on any atom is -0.203 e. The summed E-state index contributed by atoms with van der Waals surface area (Å²) in [6.45, 7) is 3.03. The Balaban J connectivity index is 3.64. The summed E-state index contributed by atoms with van der Waals surface area (Å²) in [7, 11) is 0. The molecule has 88 valence electrons. The fourth-order valence-corrected chi connectivity index (χ4v) is 1.41. The van der Waals surface area contributed by atoms with E-state index in [1.807, 2.05) is 0 Å². The molecule has 1 aromatic rings. The van der Waals surface area contributed by atoms with Gasteiger partial charge in [-0.25, -0.2) is 22.0 Å². The summed E-state index contributed by atoms with van der Waals surface area (Å²) in [5, 5.41) is 0. The van der Waals surface area contributed by atoms with Crippen LogP contribution in [0.4, 0.5) is 22.0 Å². The molecule has 0 nitrogen and oxygen atoms in total. The quantitative estimate of drug-likeness (QED) is 0.410. The van der Waals surface area contributed by atoms with Crippen molar-refractivity contribution in [3.8, 4) is 0 Å². The first kappa shape index (κ1) is 12.7. The van der Waals surface area contributed by atoms with Gasteiger partial charge in [-0.05, 0) is 18.9 Å². The highest BCUT2D eigenvalue weighted by molar-refractivity contribution is 5.66. The molecular weight excluding hydrogens is 227 g/mol. The van der Waals surface area contributed by atoms with E-state index in [-0.39, 0.29) is 12.0 Å². The molecule has 0 bridgehead atoms. The third-order valence-electron chi connectivity index (χ3n) is 2.26. The normalized spacial score (nSPS) is 12.1. The van der Waals surface area contributed by atoms with Crippen LogP contribution in [0.2, 0.25) is 0 Å². The molecule has 16 heavy (non-hydrogen) atoms. The third kappa shape index (κ3) is 1.81. The fraction of sp³-hybridized carbons (Fsp3) is 0.273. The van der Waals surface area contributed by atoms with E-state index in [9.17, 15) is 22.0 Å². The van der Waals surface area contributed by atoms with E-state index in [0.29, 0.717) is 0 Å². The number of rotatable bonds is 2. The minimum atomic E-state index is -2.13. The lowest BCUT2D eigenvalue weighted by atomic mass is 10.0. The summed E-state index contributed by atoms with van der Waals surface area (Å²) < 4.78 is 64.9. The molecule has 0 radical (unpaired) electrons. The number of hydrogen-bond acceptors (Lipinski definition) is 0. The maximum atomic E-state index is 13.3. The van der Waals surface area contributed by atoms with Gasteiger partial charge in [0, 0.05) is 0 Å². The van der Waals surface area contributed by atoms with Gasteiger partial charge in [0.1, 0.15) is 0 Å². The lowest BCUT2D eigenvalue weighted by Gasteiger charge is -2.09. The largest absolute Gasteiger partial charge is 0.203 e. The smallest absolute Gasteiger partial charge is 0.200 e. The lowest BCUT2D eigenvalue weighted by Crippen LogP contribution is -2.06. The second-order valence-electron chi connectivity index (χ2n) is 3.11. The zero-order valence-corrected chi connectivity index (χ0v) is 8.67. The van der Waals surface area contributed by atoms with E-state index in [1.165, 1.54) is 13.0 Å². The summed E-state index contributed by atoms with van der Waals surface area (Å²) in [6, 6.07) is 0. The number of halogens is 5. The Morgan fingerprint density at radius 1 is 0.875 bits per heavy atom. The van der Waals surface area contributed by atoms with Crippen molar-refractivity contribution in [3.63, 3.8) is 0 Å². The van der Waals surface area contributed by atoms with Crippen molar-refractivity contribution in [3.05, 3.63) is 40.7 Å². The Kier molecular flexibility index (Phi) is 3.67. The molecule has 0 spiro atoms. The molecule has 0 unspecified atom stereocenters. The van der Waals surface area contributed by atoms with Crippen LogP contribution in [0, 0.1) is 29.1 Å². The first-order valence-corrected chi connectivity index (χ1v) is 4.62. The van der Waals surface area contributed by atoms with Crippen molar-refractivity contribution in [2.45, 2.75) is 20.3 Å². The Morgan fingerprint density at radius 2 is 1.25 bits per heavy atom. The van der Waals surface area contributed by atoms with Crippen LogP contribution in [0.3, 0.4) is 0 Å². The molecule has 0 atom stereocenters. The average molecular weight is 236 g/mol. The summed E-state index contributed by atoms with van der Waals surface area (Å²) in [5.74, 6) is -9.54. The monoisotopic (exact) mass is 236 g/mol. The molecule has 0 aliphatic carbocycles. The zero-order valence-electron chi connectivity index (χ0n) is 8.67. The van der Waals surface area contributed by atoms with Gasteiger partial charge in [0.15, 0.2) is 23.3 Å². The van der Waals surface area contributed by atoms with Crippen LogP contribution in [0.1, 0.15) is 25.8 Å². The van der Waals surface area contributed by atoms with Crippen LogP contribution < -0.4 is 0 Å². The second kappa shape index (κ2) is 4.63. The van der Waals surface area contributed by atoms with Gasteiger partial charge >= 0.3 is 0 Å². The molecule has 1 rings (SSSR count). The van der Waals surface area contributed by atoms with Crippen LogP contribution in [0.15, 0.2) is 6.08 Å². The molecule has 0 aromatic heterocycles. The Labute approximate surface area is 89.4 Å². The first-order valence-electron chi connectivity index (χ1n) is 4.62. The van der Waals surface area contributed by atoms with Gasteiger partial charge in [0.05, 0.1) is 5.56 Å². The fourth-order valence-electron chi connectivity index (χ4n) is 1.41. The molecule has 0 aliphatic heterocycles. The van der Waals surface area contributed by atoms with Crippen molar-refractivity contribution in [1.82, 2.24) is 0 Å². The molecule has 5 heteroatoms. The molecule has 0 fully saturated rings. The highest BCUT2D eigenvalue weighted by Crippen LogP contribution is 2.29. The van der Waals surface area contributed by atoms with E-state index >= 15 is 0 Å². The number of benzene rings is 1. The Bertz CT molecular complexity index is 419. The van der Waals surface area contributed by atoms with Crippen LogP contribution in [0.5, 0.6) is 0 Å². The average Bonchev–Trinajstić information content (AvgIpc) is 2.29. The summed E-state index contributed by atoms with van der Waals surface area (Å²) in [5.41, 5.74) is -0.769. The Morgan fingerprint density at radius 3 is 1.56 bits per heavy atom. The summed E-state index contributed by atoms with van der Waals surface area (Å²) in [6.07, 6.45) is 1.49. The molecule has 0 N–H and O–H groups in total. The van der Waals surface area contributed by atoms with Crippen LogP contribution in [-0.4, -0.2) is 0 Å². The predicted octanol–water partition coefficient (Wildman–Crippen LogP) is 4.20. The van der Waals surface area contributed by atoms with Crippen LogP contribution in [0.25, 0.3) is 5.57 Å². The van der Waals surface area contributed by atoms with E-state index in [1.54, 1.807) is 6.92 Å². The van der Waals surface area contributed by atoms with E-state index < -0.39 is 34.6 Å². The number of hydrogen-bond donors (Lipinski definition) is 0. The van der Waals surface area contributed by atoms with Gasteiger partial charge in [-0.1, -0.05) is 13.0 Å². The third-order valence-corrected chi connectivity index (χ3v) is 2.26. The SMILES string of the molecule is C/C=C(\CC)c1c(F)c(F)c(F)c(F)c1F.